The normalized spacial score (nSPS) is 10.5. The molecule has 2 aromatic heterocycles. The Morgan fingerprint density at radius 1 is 1.47 bits per heavy atom. The fraction of sp³-hybridized carbons (Fsp3) is 0.308. The molecule has 0 aliphatic carbocycles. The molecular weight excluding hydrogens is 214 g/mol. The predicted octanol–water partition coefficient (Wildman–Crippen LogP) is 1.80. The van der Waals surface area contributed by atoms with Crippen LogP contribution in [-0.2, 0) is 19.9 Å². The van der Waals surface area contributed by atoms with Crippen LogP contribution >= 0.6 is 0 Å². The van der Waals surface area contributed by atoms with Crippen LogP contribution in [0.3, 0.4) is 0 Å². The van der Waals surface area contributed by atoms with Crippen LogP contribution in [0.2, 0.25) is 0 Å². The number of aryl methyl sites for hydroxylation is 2. The molecule has 88 valence electrons. The van der Waals surface area contributed by atoms with Gasteiger partial charge in [0.2, 0.25) is 0 Å². The highest BCUT2D eigenvalue weighted by atomic mass is 16.1. The molecule has 0 saturated carbocycles. The molecule has 0 bridgehead atoms. The van der Waals surface area contributed by atoms with E-state index in [0.717, 1.165) is 17.5 Å². The van der Waals surface area contributed by atoms with Crippen molar-refractivity contribution in [2.45, 2.75) is 19.8 Å². The van der Waals surface area contributed by atoms with Gasteiger partial charge in [0.25, 0.3) is 0 Å². The highest BCUT2D eigenvalue weighted by Crippen LogP contribution is 2.10. The maximum absolute atomic E-state index is 12.1. The number of carbonyl (C=O) groups excluding carboxylic acids is 1. The summed E-state index contributed by atoms with van der Waals surface area (Å²) in [6.07, 6.45) is 6.41. The van der Waals surface area contributed by atoms with E-state index in [0.29, 0.717) is 12.1 Å². The van der Waals surface area contributed by atoms with Crippen molar-refractivity contribution in [1.29, 1.82) is 0 Å². The summed E-state index contributed by atoms with van der Waals surface area (Å²) in [4.78, 5) is 16.3. The summed E-state index contributed by atoms with van der Waals surface area (Å²) in [6.45, 7) is 2.03. The summed E-state index contributed by atoms with van der Waals surface area (Å²) >= 11 is 0. The maximum atomic E-state index is 12.1. The van der Waals surface area contributed by atoms with Gasteiger partial charge in [-0.15, -0.1) is 0 Å². The zero-order valence-corrected chi connectivity index (χ0v) is 10.1. The van der Waals surface area contributed by atoms with Crippen LogP contribution in [0.5, 0.6) is 0 Å². The summed E-state index contributed by atoms with van der Waals surface area (Å²) < 4.78 is 1.70. The number of ketones is 1. The Morgan fingerprint density at radius 2 is 2.29 bits per heavy atom. The molecule has 2 heterocycles. The van der Waals surface area contributed by atoms with Crippen LogP contribution in [0.1, 0.15) is 28.5 Å². The van der Waals surface area contributed by atoms with Gasteiger partial charge in [-0.1, -0.05) is 13.0 Å². The Balaban J connectivity index is 2.20. The quantitative estimate of drug-likeness (QED) is 0.751. The summed E-state index contributed by atoms with van der Waals surface area (Å²) in [5.41, 5.74) is 2.51. The van der Waals surface area contributed by atoms with E-state index < -0.39 is 0 Å². The number of aromatic nitrogens is 3. The lowest BCUT2D eigenvalue weighted by Crippen LogP contribution is -2.08. The van der Waals surface area contributed by atoms with Crippen molar-refractivity contribution in [3.05, 3.63) is 47.5 Å². The molecule has 4 nitrogen and oxygen atoms in total. The van der Waals surface area contributed by atoms with Crippen LogP contribution in [0.4, 0.5) is 0 Å². The van der Waals surface area contributed by atoms with E-state index in [2.05, 4.69) is 10.1 Å². The first-order valence-corrected chi connectivity index (χ1v) is 5.65. The van der Waals surface area contributed by atoms with E-state index in [1.807, 2.05) is 32.3 Å². The molecule has 17 heavy (non-hydrogen) atoms. The number of Topliss-reactive ketones (excluding diaryl/α,β-unsaturated/α-hetero) is 1. The molecule has 0 N–H and O–H groups in total. The monoisotopic (exact) mass is 229 g/mol. The third-order valence-corrected chi connectivity index (χ3v) is 2.66. The molecule has 0 aliphatic rings. The van der Waals surface area contributed by atoms with Crippen molar-refractivity contribution >= 4 is 5.78 Å². The van der Waals surface area contributed by atoms with Gasteiger partial charge in [0, 0.05) is 25.9 Å². The molecular formula is C13H15N3O. The van der Waals surface area contributed by atoms with Gasteiger partial charge in [-0.25, -0.2) is 0 Å². The van der Waals surface area contributed by atoms with Gasteiger partial charge < -0.3 is 0 Å². The molecule has 0 unspecified atom stereocenters. The molecule has 0 aromatic carbocycles. The lowest BCUT2D eigenvalue weighted by atomic mass is 10.0. The van der Waals surface area contributed by atoms with E-state index in [-0.39, 0.29) is 5.78 Å². The van der Waals surface area contributed by atoms with E-state index in [1.54, 1.807) is 17.1 Å². The minimum Gasteiger partial charge on any atom is -0.292 e. The van der Waals surface area contributed by atoms with Crippen LogP contribution in [0, 0.1) is 0 Å². The van der Waals surface area contributed by atoms with Gasteiger partial charge in [0.15, 0.2) is 5.78 Å². The third kappa shape index (κ3) is 2.58. The van der Waals surface area contributed by atoms with Crippen LogP contribution in [0.25, 0.3) is 0 Å². The average molecular weight is 229 g/mol. The number of carbonyl (C=O) groups is 1. The van der Waals surface area contributed by atoms with Gasteiger partial charge in [-0.2, -0.15) is 5.10 Å². The Bertz CT molecular complexity index is 531. The molecule has 2 rings (SSSR count). The molecule has 4 heteroatoms. The minimum atomic E-state index is 0.0513. The summed E-state index contributed by atoms with van der Waals surface area (Å²) in [5.74, 6) is 0.0513. The van der Waals surface area contributed by atoms with Gasteiger partial charge in [0.05, 0.1) is 6.20 Å². The topological polar surface area (TPSA) is 47.8 Å². The molecule has 0 fully saturated rings. The largest absolute Gasteiger partial charge is 0.292 e. The SMILES string of the molecule is CCc1cccnc1C(=O)Cc1cnn(C)c1. The summed E-state index contributed by atoms with van der Waals surface area (Å²) in [5, 5.41) is 4.05. The molecule has 0 spiro atoms. The number of hydrogen-bond acceptors (Lipinski definition) is 3. The number of pyridine rings is 1. The second-order valence-corrected chi connectivity index (χ2v) is 3.99. The van der Waals surface area contributed by atoms with Gasteiger partial charge in [0.1, 0.15) is 5.69 Å². The van der Waals surface area contributed by atoms with E-state index in [1.165, 1.54) is 0 Å². The third-order valence-electron chi connectivity index (χ3n) is 2.66. The van der Waals surface area contributed by atoms with Gasteiger partial charge in [-0.3, -0.25) is 14.5 Å². The highest BCUT2D eigenvalue weighted by molar-refractivity contribution is 5.96. The zero-order valence-electron chi connectivity index (χ0n) is 10.1. The Hall–Kier alpha value is -1.97. The van der Waals surface area contributed by atoms with Crippen molar-refractivity contribution < 1.29 is 4.79 Å². The van der Waals surface area contributed by atoms with Crippen molar-refractivity contribution in [1.82, 2.24) is 14.8 Å². The van der Waals surface area contributed by atoms with E-state index in [9.17, 15) is 4.79 Å². The molecule has 2 aromatic rings. The molecule has 0 amide bonds. The Kier molecular flexibility index (Phi) is 3.32. The number of hydrogen-bond donors (Lipinski definition) is 0. The minimum absolute atomic E-state index is 0.0513. The van der Waals surface area contributed by atoms with Crippen molar-refractivity contribution in [3.8, 4) is 0 Å². The van der Waals surface area contributed by atoms with E-state index >= 15 is 0 Å². The smallest absolute Gasteiger partial charge is 0.185 e. The predicted molar refractivity (Wildman–Crippen MR) is 64.9 cm³/mol. The lowest BCUT2D eigenvalue weighted by Gasteiger charge is -2.04. The Labute approximate surface area is 100 Å². The standard InChI is InChI=1S/C13H15N3O/c1-3-11-5-4-6-14-13(11)12(17)7-10-8-15-16(2)9-10/h4-6,8-9H,3,7H2,1-2H3. The van der Waals surface area contributed by atoms with Crippen LogP contribution in [-0.4, -0.2) is 20.5 Å². The second-order valence-electron chi connectivity index (χ2n) is 3.99. The Morgan fingerprint density at radius 3 is 2.94 bits per heavy atom. The van der Waals surface area contributed by atoms with Gasteiger partial charge >= 0.3 is 0 Å². The second kappa shape index (κ2) is 4.91. The summed E-state index contributed by atoms with van der Waals surface area (Å²) in [6, 6.07) is 3.81. The first kappa shape index (κ1) is 11.5. The fourth-order valence-electron chi connectivity index (χ4n) is 1.81. The van der Waals surface area contributed by atoms with Crippen LogP contribution < -0.4 is 0 Å². The van der Waals surface area contributed by atoms with Crippen molar-refractivity contribution in [2.24, 2.45) is 7.05 Å². The maximum Gasteiger partial charge on any atom is 0.185 e. The van der Waals surface area contributed by atoms with Gasteiger partial charge in [-0.05, 0) is 23.6 Å². The molecule has 0 radical (unpaired) electrons. The number of nitrogens with zero attached hydrogens (tertiary/aromatic N) is 3. The van der Waals surface area contributed by atoms with Crippen molar-refractivity contribution in [2.75, 3.05) is 0 Å². The van der Waals surface area contributed by atoms with Crippen molar-refractivity contribution in [3.63, 3.8) is 0 Å². The summed E-state index contributed by atoms with van der Waals surface area (Å²) in [7, 11) is 1.84. The van der Waals surface area contributed by atoms with Crippen LogP contribution in [0.15, 0.2) is 30.7 Å². The zero-order chi connectivity index (χ0) is 12.3. The first-order chi connectivity index (χ1) is 8.20. The molecule has 0 atom stereocenters. The lowest BCUT2D eigenvalue weighted by molar-refractivity contribution is 0.0987. The first-order valence-electron chi connectivity index (χ1n) is 5.65. The highest BCUT2D eigenvalue weighted by Gasteiger charge is 2.12. The average Bonchev–Trinajstić information content (AvgIpc) is 2.74. The number of rotatable bonds is 4. The molecule has 0 saturated heterocycles. The fourth-order valence-corrected chi connectivity index (χ4v) is 1.81. The molecule has 0 aliphatic heterocycles. The van der Waals surface area contributed by atoms with E-state index in [4.69, 9.17) is 0 Å².